The van der Waals surface area contributed by atoms with E-state index < -0.39 is 5.92 Å². The van der Waals surface area contributed by atoms with E-state index in [2.05, 4.69) is 5.32 Å². The van der Waals surface area contributed by atoms with Crippen LogP contribution in [0.1, 0.15) is 30.0 Å². The monoisotopic (exact) mass is 429 g/mol. The van der Waals surface area contributed by atoms with Crippen molar-refractivity contribution in [2.45, 2.75) is 18.9 Å². The second-order valence-electron chi connectivity index (χ2n) is 7.34. The van der Waals surface area contributed by atoms with Gasteiger partial charge < -0.3 is 33.7 Å². The molecule has 2 aromatic rings. The van der Waals surface area contributed by atoms with E-state index >= 15 is 0 Å². The van der Waals surface area contributed by atoms with Gasteiger partial charge in [0, 0.05) is 37.2 Å². The number of ether oxygens (including phenoxy) is 6. The molecule has 166 valence electrons. The SMILES string of the molecule is CCOC(=O)C1C(c2ccc3c(c2)OCO3)CNC1c1ccc(OC)cc1OCOC. The van der Waals surface area contributed by atoms with Gasteiger partial charge in [0.25, 0.3) is 0 Å². The van der Waals surface area contributed by atoms with Crippen LogP contribution in [0, 0.1) is 5.92 Å². The fraction of sp³-hybridized carbons (Fsp3) is 0.435. The molecule has 0 aliphatic carbocycles. The molecule has 31 heavy (non-hydrogen) atoms. The maximum Gasteiger partial charge on any atom is 0.311 e. The van der Waals surface area contributed by atoms with Crippen molar-refractivity contribution in [1.29, 1.82) is 0 Å². The van der Waals surface area contributed by atoms with Gasteiger partial charge in [-0.15, -0.1) is 0 Å². The Hall–Kier alpha value is -2.97. The number of carbonyl (C=O) groups is 1. The number of nitrogens with one attached hydrogen (secondary N) is 1. The van der Waals surface area contributed by atoms with Crippen LogP contribution >= 0.6 is 0 Å². The Morgan fingerprint density at radius 1 is 1.13 bits per heavy atom. The van der Waals surface area contributed by atoms with Gasteiger partial charge >= 0.3 is 5.97 Å². The lowest BCUT2D eigenvalue weighted by Gasteiger charge is -2.25. The molecule has 1 saturated heterocycles. The Kier molecular flexibility index (Phi) is 6.48. The van der Waals surface area contributed by atoms with Crippen LogP contribution in [0.25, 0.3) is 0 Å². The fourth-order valence-electron chi connectivity index (χ4n) is 4.20. The van der Waals surface area contributed by atoms with Crippen LogP contribution in [0.2, 0.25) is 0 Å². The van der Waals surface area contributed by atoms with E-state index in [1.54, 1.807) is 20.3 Å². The van der Waals surface area contributed by atoms with E-state index in [0.29, 0.717) is 36.1 Å². The van der Waals surface area contributed by atoms with E-state index in [0.717, 1.165) is 11.1 Å². The molecule has 3 unspecified atom stereocenters. The van der Waals surface area contributed by atoms with Gasteiger partial charge in [0.15, 0.2) is 18.3 Å². The minimum atomic E-state index is -0.446. The van der Waals surface area contributed by atoms with Gasteiger partial charge in [0.05, 0.1) is 19.6 Å². The van der Waals surface area contributed by atoms with Crippen molar-refractivity contribution in [3.63, 3.8) is 0 Å². The average molecular weight is 429 g/mol. The summed E-state index contributed by atoms with van der Waals surface area (Å²) in [5.74, 6) is 1.86. The van der Waals surface area contributed by atoms with Crippen molar-refractivity contribution in [3.8, 4) is 23.0 Å². The number of fused-ring (bicyclic) bond motifs is 1. The number of methoxy groups -OCH3 is 2. The minimum absolute atomic E-state index is 0.0859. The third-order valence-electron chi connectivity index (χ3n) is 5.62. The molecule has 0 spiro atoms. The van der Waals surface area contributed by atoms with Crippen LogP contribution in [0.15, 0.2) is 36.4 Å². The highest BCUT2D eigenvalue weighted by molar-refractivity contribution is 5.76. The van der Waals surface area contributed by atoms with Crippen molar-refractivity contribution in [2.24, 2.45) is 5.92 Å². The molecule has 2 aromatic carbocycles. The second-order valence-corrected chi connectivity index (χ2v) is 7.34. The van der Waals surface area contributed by atoms with Gasteiger partial charge in [-0.3, -0.25) is 4.79 Å². The number of carbonyl (C=O) groups excluding carboxylic acids is 1. The highest BCUT2D eigenvalue weighted by atomic mass is 16.7. The normalized spacial score (nSPS) is 21.7. The molecular formula is C23H27NO7. The zero-order valence-corrected chi connectivity index (χ0v) is 17.9. The van der Waals surface area contributed by atoms with Crippen LogP contribution in [0.4, 0.5) is 0 Å². The lowest BCUT2D eigenvalue weighted by Crippen LogP contribution is -2.28. The van der Waals surface area contributed by atoms with Gasteiger partial charge in [0.2, 0.25) is 6.79 Å². The molecule has 4 rings (SSSR count). The van der Waals surface area contributed by atoms with Crippen LogP contribution in [0.5, 0.6) is 23.0 Å². The van der Waals surface area contributed by atoms with Crippen LogP contribution < -0.4 is 24.3 Å². The van der Waals surface area contributed by atoms with Gasteiger partial charge in [0.1, 0.15) is 11.5 Å². The Morgan fingerprint density at radius 2 is 1.97 bits per heavy atom. The number of benzene rings is 2. The Bertz CT molecular complexity index is 932. The minimum Gasteiger partial charge on any atom is -0.497 e. The molecule has 8 heteroatoms. The molecule has 0 bridgehead atoms. The number of hydrogen-bond donors (Lipinski definition) is 1. The quantitative estimate of drug-likeness (QED) is 0.506. The molecule has 2 heterocycles. The Balaban J connectivity index is 1.70. The molecule has 2 aliphatic rings. The first kappa shape index (κ1) is 21.3. The molecule has 0 saturated carbocycles. The second kappa shape index (κ2) is 9.45. The van der Waals surface area contributed by atoms with Gasteiger partial charge in [-0.1, -0.05) is 12.1 Å². The lowest BCUT2D eigenvalue weighted by atomic mass is 9.82. The first-order valence-corrected chi connectivity index (χ1v) is 10.3. The van der Waals surface area contributed by atoms with Crippen molar-refractivity contribution < 1.29 is 33.2 Å². The molecule has 8 nitrogen and oxygen atoms in total. The molecule has 2 aliphatic heterocycles. The molecule has 0 amide bonds. The van der Waals surface area contributed by atoms with Crippen molar-refractivity contribution in [3.05, 3.63) is 47.5 Å². The largest absolute Gasteiger partial charge is 0.497 e. The van der Waals surface area contributed by atoms with Crippen LogP contribution in [0.3, 0.4) is 0 Å². The Morgan fingerprint density at radius 3 is 2.74 bits per heavy atom. The lowest BCUT2D eigenvalue weighted by molar-refractivity contribution is -0.148. The predicted octanol–water partition coefficient (Wildman–Crippen LogP) is 3.01. The number of rotatable bonds is 8. The summed E-state index contributed by atoms with van der Waals surface area (Å²) < 4.78 is 32.6. The van der Waals surface area contributed by atoms with Gasteiger partial charge in [-0.05, 0) is 30.7 Å². The molecule has 1 N–H and O–H groups in total. The van der Waals surface area contributed by atoms with E-state index in [1.165, 1.54) is 0 Å². The van der Waals surface area contributed by atoms with E-state index in [1.807, 2.05) is 37.3 Å². The maximum atomic E-state index is 13.1. The number of hydrogen-bond acceptors (Lipinski definition) is 8. The fourth-order valence-corrected chi connectivity index (χ4v) is 4.20. The zero-order chi connectivity index (χ0) is 21.8. The first-order valence-electron chi connectivity index (χ1n) is 10.3. The van der Waals surface area contributed by atoms with Crippen molar-refractivity contribution in [1.82, 2.24) is 5.32 Å². The molecule has 1 fully saturated rings. The van der Waals surface area contributed by atoms with Gasteiger partial charge in [-0.2, -0.15) is 0 Å². The smallest absolute Gasteiger partial charge is 0.311 e. The summed E-state index contributed by atoms with van der Waals surface area (Å²) in [5.41, 5.74) is 1.84. The third-order valence-corrected chi connectivity index (χ3v) is 5.62. The van der Waals surface area contributed by atoms with E-state index in [9.17, 15) is 4.79 Å². The van der Waals surface area contributed by atoms with Crippen LogP contribution in [-0.4, -0.2) is 46.9 Å². The summed E-state index contributed by atoms with van der Waals surface area (Å²) in [6.07, 6.45) is 0. The molecular weight excluding hydrogens is 402 g/mol. The summed E-state index contributed by atoms with van der Waals surface area (Å²) in [6.45, 7) is 3.01. The maximum absolute atomic E-state index is 13.1. The molecule has 0 radical (unpaired) electrons. The highest BCUT2D eigenvalue weighted by Crippen LogP contribution is 2.45. The van der Waals surface area contributed by atoms with Gasteiger partial charge in [-0.25, -0.2) is 0 Å². The topological polar surface area (TPSA) is 84.5 Å². The molecule has 0 aromatic heterocycles. The van der Waals surface area contributed by atoms with E-state index in [4.69, 9.17) is 28.4 Å². The standard InChI is InChI=1S/C23H27NO7/c1-4-28-23(25)21-17(14-5-8-18-20(9-14)31-13-30-18)11-24-22(21)16-7-6-15(27-3)10-19(16)29-12-26-2/h5-10,17,21-22,24H,4,11-13H2,1-3H3. The Labute approximate surface area is 181 Å². The van der Waals surface area contributed by atoms with E-state index in [-0.39, 0.29) is 31.5 Å². The number of esters is 1. The third kappa shape index (κ3) is 4.26. The van der Waals surface area contributed by atoms with Crippen LogP contribution in [-0.2, 0) is 14.3 Å². The predicted molar refractivity (Wildman–Crippen MR) is 112 cm³/mol. The zero-order valence-electron chi connectivity index (χ0n) is 17.9. The summed E-state index contributed by atoms with van der Waals surface area (Å²) in [7, 11) is 3.16. The highest BCUT2D eigenvalue weighted by Gasteiger charge is 2.44. The molecule has 3 atom stereocenters. The summed E-state index contributed by atoms with van der Waals surface area (Å²) in [6, 6.07) is 11.1. The van der Waals surface area contributed by atoms with Crippen molar-refractivity contribution >= 4 is 5.97 Å². The van der Waals surface area contributed by atoms with Crippen molar-refractivity contribution in [2.75, 3.05) is 41.0 Å². The first-order chi connectivity index (χ1) is 15.2. The summed E-state index contributed by atoms with van der Waals surface area (Å²) in [5, 5.41) is 3.50. The average Bonchev–Trinajstić information content (AvgIpc) is 3.44. The summed E-state index contributed by atoms with van der Waals surface area (Å²) >= 11 is 0. The summed E-state index contributed by atoms with van der Waals surface area (Å²) in [4.78, 5) is 13.1.